The molecule has 1 nitrogen and oxygen atoms in total. The van der Waals surface area contributed by atoms with Gasteiger partial charge in [-0.25, -0.2) is 0 Å². The fourth-order valence-corrected chi connectivity index (χ4v) is 3.59. The lowest BCUT2D eigenvalue weighted by molar-refractivity contribution is 0.203. The van der Waals surface area contributed by atoms with Crippen LogP contribution in [0, 0.1) is 0 Å². The van der Waals surface area contributed by atoms with Gasteiger partial charge in [-0.05, 0) is 43.0 Å². The second-order valence-corrected chi connectivity index (χ2v) is 11.7. The van der Waals surface area contributed by atoms with Crippen LogP contribution in [0.5, 0.6) is 0 Å². The average Bonchev–Trinajstić information content (AvgIpc) is 2.99. The normalized spacial score (nSPS) is 19.3. The Kier molecular flexibility index (Phi) is 4.12. The van der Waals surface area contributed by atoms with Crippen molar-refractivity contribution in [3.63, 3.8) is 0 Å². The van der Waals surface area contributed by atoms with Crippen LogP contribution in [0.25, 0.3) is 0 Å². The average molecular weight is 345 g/mol. The molecule has 0 unspecified atom stereocenters. The van der Waals surface area contributed by atoms with E-state index in [0.29, 0.717) is 0 Å². The molecule has 1 aliphatic carbocycles. The molecule has 3 heteroatoms. The highest BCUT2D eigenvalue weighted by atomic mass is 79.9. The van der Waals surface area contributed by atoms with E-state index in [1.54, 1.807) is 0 Å². The summed E-state index contributed by atoms with van der Waals surface area (Å²) in [5, 5.41) is 0. The van der Waals surface area contributed by atoms with Crippen molar-refractivity contribution in [2.24, 2.45) is 0 Å². The van der Waals surface area contributed by atoms with E-state index in [0.717, 1.165) is 10.9 Å². The van der Waals surface area contributed by atoms with Gasteiger partial charge in [-0.15, -0.1) is 10.3 Å². The minimum Gasteiger partial charge on any atom is -0.330 e. The predicted molar refractivity (Wildman–Crippen MR) is 90.1 cm³/mol. The van der Waals surface area contributed by atoms with Crippen LogP contribution in [0.2, 0.25) is 0 Å². The van der Waals surface area contributed by atoms with E-state index >= 15 is 0 Å². The molecule has 1 aromatic carbocycles. The maximum Gasteiger partial charge on any atom is 0.0850 e. The van der Waals surface area contributed by atoms with Gasteiger partial charge in [0.05, 0.1) is 5.60 Å². The van der Waals surface area contributed by atoms with Gasteiger partial charge >= 0.3 is 0 Å². The largest absolute Gasteiger partial charge is 0.330 e. The molecule has 0 N–H and O–H groups in total. The summed E-state index contributed by atoms with van der Waals surface area (Å²) in [6.45, 7) is 6.87. The first-order valence-corrected chi connectivity index (χ1v) is 9.98. The Morgan fingerprint density at radius 1 is 1.16 bits per heavy atom. The number of halogens is 1. The molecule has 0 radical (unpaired) electrons. The summed E-state index contributed by atoms with van der Waals surface area (Å²) in [4.78, 5) is 0. The number of rotatable bonds is 4. The summed E-state index contributed by atoms with van der Waals surface area (Å²) < 4.78 is 7.99. The van der Waals surface area contributed by atoms with Gasteiger partial charge in [0.25, 0.3) is 0 Å². The molecular formula is C16H25BrOS. The van der Waals surface area contributed by atoms with Gasteiger partial charge in [-0.1, -0.05) is 48.8 Å². The minimum absolute atomic E-state index is 0.111. The summed E-state index contributed by atoms with van der Waals surface area (Å²) in [5.41, 5.74) is 1.49. The van der Waals surface area contributed by atoms with Crippen molar-refractivity contribution in [1.82, 2.24) is 0 Å². The molecule has 108 valence electrons. The molecule has 0 aliphatic heterocycles. The molecule has 0 aromatic heterocycles. The Hall–Kier alpha value is 0.01000. The molecule has 0 saturated heterocycles. The van der Waals surface area contributed by atoms with E-state index in [9.17, 15) is 0 Å². The van der Waals surface area contributed by atoms with Crippen LogP contribution in [0.15, 0.2) is 28.7 Å². The highest BCUT2D eigenvalue weighted by Gasteiger charge is 2.49. The third-order valence-electron chi connectivity index (χ3n) is 4.11. The zero-order valence-corrected chi connectivity index (χ0v) is 15.0. The SMILES string of the molecule is CC(C)(C)S(C)(C)OC1(Cc2ccc(Br)cc2)CC1. The first-order chi connectivity index (χ1) is 8.64. The lowest BCUT2D eigenvalue weighted by Crippen LogP contribution is -2.30. The monoisotopic (exact) mass is 344 g/mol. The lowest BCUT2D eigenvalue weighted by atomic mass is 10.1. The van der Waals surface area contributed by atoms with Crippen LogP contribution in [0.1, 0.15) is 39.2 Å². The van der Waals surface area contributed by atoms with Crippen LogP contribution in [-0.2, 0) is 10.6 Å². The summed E-state index contributed by atoms with van der Waals surface area (Å²) in [7, 11) is -1.03. The van der Waals surface area contributed by atoms with E-state index in [-0.39, 0.29) is 10.3 Å². The third-order valence-corrected chi connectivity index (χ3v) is 8.36. The number of hydrogen-bond donors (Lipinski definition) is 0. The highest BCUT2D eigenvalue weighted by Crippen LogP contribution is 2.61. The summed E-state index contributed by atoms with van der Waals surface area (Å²) in [6.07, 6.45) is 8.06. The molecular weight excluding hydrogens is 320 g/mol. The Bertz CT molecular complexity index is 441. The smallest absolute Gasteiger partial charge is 0.0850 e. The zero-order chi connectivity index (χ0) is 14.3. The van der Waals surface area contributed by atoms with Crippen molar-refractivity contribution in [3.05, 3.63) is 34.3 Å². The van der Waals surface area contributed by atoms with Crippen LogP contribution in [-0.4, -0.2) is 22.9 Å². The minimum atomic E-state index is -1.03. The van der Waals surface area contributed by atoms with Crippen molar-refractivity contribution in [3.8, 4) is 0 Å². The predicted octanol–water partition coefficient (Wildman–Crippen LogP) is 5.32. The summed E-state index contributed by atoms with van der Waals surface area (Å²) in [6, 6.07) is 8.64. The molecule has 0 heterocycles. The molecule has 1 aromatic rings. The van der Waals surface area contributed by atoms with Crippen LogP contribution in [0.4, 0.5) is 0 Å². The molecule has 0 spiro atoms. The Balaban J connectivity index is 2.06. The van der Waals surface area contributed by atoms with Crippen molar-refractivity contribution in [2.45, 2.75) is 50.4 Å². The number of hydrogen-bond acceptors (Lipinski definition) is 1. The third kappa shape index (κ3) is 3.77. The Morgan fingerprint density at radius 3 is 2.11 bits per heavy atom. The quantitative estimate of drug-likeness (QED) is 0.718. The van der Waals surface area contributed by atoms with Crippen molar-refractivity contribution >= 4 is 26.2 Å². The molecule has 2 rings (SSSR count). The molecule has 0 amide bonds. The van der Waals surface area contributed by atoms with Crippen LogP contribution < -0.4 is 0 Å². The first kappa shape index (κ1) is 15.4. The second-order valence-electron chi connectivity index (χ2n) is 6.92. The molecule has 0 atom stereocenters. The lowest BCUT2D eigenvalue weighted by Gasteiger charge is -2.46. The van der Waals surface area contributed by atoms with E-state index in [2.05, 4.69) is 73.5 Å². The fourth-order valence-electron chi connectivity index (χ4n) is 1.97. The van der Waals surface area contributed by atoms with Gasteiger partial charge in [0.2, 0.25) is 0 Å². The fraction of sp³-hybridized carbons (Fsp3) is 0.625. The van der Waals surface area contributed by atoms with Gasteiger partial charge in [0.15, 0.2) is 0 Å². The van der Waals surface area contributed by atoms with E-state index in [1.807, 2.05) is 0 Å². The standard InChI is InChI=1S/C16H25BrOS/c1-15(2,3)19(4,5)18-16(10-11-16)12-13-6-8-14(17)9-7-13/h6-9H,10-12H2,1-5H3. The number of benzene rings is 1. The van der Waals surface area contributed by atoms with Crippen molar-refractivity contribution in [2.75, 3.05) is 12.5 Å². The topological polar surface area (TPSA) is 9.23 Å². The Labute approximate surface area is 127 Å². The summed E-state index contributed by atoms with van der Waals surface area (Å²) in [5.74, 6) is 0. The maximum absolute atomic E-state index is 6.61. The first-order valence-electron chi connectivity index (χ1n) is 6.82. The molecule has 1 fully saturated rings. The van der Waals surface area contributed by atoms with E-state index in [1.165, 1.54) is 18.4 Å². The van der Waals surface area contributed by atoms with E-state index < -0.39 is 10.3 Å². The van der Waals surface area contributed by atoms with Crippen LogP contribution >= 0.6 is 26.2 Å². The zero-order valence-electron chi connectivity index (χ0n) is 12.6. The summed E-state index contributed by atoms with van der Waals surface area (Å²) >= 11 is 3.49. The molecule has 0 bridgehead atoms. The van der Waals surface area contributed by atoms with Crippen molar-refractivity contribution < 1.29 is 4.18 Å². The molecule has 1 saturated carbocycles. The van der Waals surface area contributed by atoms with Crippen molar-refractivity contribution in [1.29, 1.82) is 0 Å². The maximum atomic E-state index is 6.61. The van der Waals surface area contributed by atoms with Gasteiger partial charge in [0.1, 0.15) is 0 Å². The Morgan fingerprint density at radius 2 is 1.68 bits per heavy atom. The second kappa shape index (κ2) is 5.09. The molecule has 19 heavy (non-hydrogen) atoms. The van der Waals surface area contributed by atoms with E-state index in [4.69, 9.17) is 4.18 Å². The van der Waals surface area contributed by atoms with Gasteiger partial charge < -0.3 is 4.18 Å². The van der Waals surface area contributed by atoms with Gasteiger partial charge in [-0.2, -0.15) is 0 Å². The van der Waals surface area contributed by atoms with Gasteiger partial charge in [0, 0.05) is 15.6 Å². The highest BCUT2D eigenvalue weighted by molar-refractivity contribution is 9.10. The van der Waals surface area contributed by atoms with Crippen LogP contribution in [0.3, 0.4) is 0 Å². The van der Waals surface area contributed by atoms with Gasteiger partial charge in [-0.3, -0.25) is 0 Å². The molecule has 1 aliphatic rings.